The summed E-state index contributed by atoms with van der Waals surface area (Å²) in [6, 6.07) is 8.75. The van der Waals surface area contributed by atoms with E-state index in [1.165, 1.54) is 5.69 Å². The van der Waals surface area contributed by atoms with E-state index < -0.39 is 0 Å². The zero-order valence-corrected chi connectivity index (χ0v) is 11.6. The minimum absolute atomic E-state index is 0.172. The molecule has 3 heteroatoms. The van der Waals surface area contributed by atoms with E-state index in [1.807, 2.05) is 12.1 Å². The Morgan fingerprint density at radius 3 is 2.59 bits per heavy atom. The summed E-state index contributed by atoms with van der Waals surface area (Å²) in [5, 5.41) is 4.40. The van der Waals surface area contributed by atoms with Crippen LogP contribution in [0.4, 0.5) is 5.69 Å². The summed E-state index contributed by atoms with van der Waals surface area (Å²) < 4.78 is 0. The molecule has 1 saturated heterocycles. The molecule has 94 valence electrons. The van der Waals surface area contributed by atoms with Gasteiger partial charge in [0.2, 0.25) is 0 Å². The molecule has 1 N–H and O–H groups in total. The number of nitrogens with zero attached hydrogens (tertiary/aromatic N) is 1. The highest BCUT2D eigenvalue weighted by Gasteiger charge is 2.31. The Morgan fingerprint density at radius 1 is 1.35 bits per heavy atom. The van der Waals surface area contributed by atoms with Crippen molar-refractivity contribution in [2.75, 3.05) is 18.0 Å². The number of hydrogen-bond acceptors (Lipinski definition) is 2. The average Bonchev–Trinajstić information content (AvgIpc) is 2.29. The second kappa shape index (κ2) is 4.87. The normalized spacial score (nSPS) is 23.8. The highest BCUT2D eigenvalue weighted by atomic mass is 35.5. The van der Waals surface area contributed by atoms with Gasteiger partial charge in [0, 0.05) is 35.4 Å². The van der Waals surface area contributed by atoms with E-state index in [0.717, 1.165) is 24.5 Å². The van der Waals surface area contributed by atoms with Crippen LogP contribution in [0.3, 0.4) is 0 Å². The van der Waals surface area contributed by atoms with Gasteiger partial charge in [0.05, 0.1) is 0 Å². The Balaban J connectivity index is 2.23. The lowest BCUT2D eigenvalue weighted by molar-refractivity contribution is 0.306. The van der Waals surface area contributed by atoms with E-state index in [2.05, 4.69) is 43.1 Å². The first-order valence-electron chi connectivity index (χ1n) is 6.29. The molecule has 0 radical (unpaired) electrons. The first-order chi connectivity index (χ1) is 8.02. The molecular weight excluding hydrogens is 232 g/mol. The molecule has 0 spiro atoms. The summed E-state index contributed by atoms with van der Waals surface area (Å²) in [6.45, 7) is 8.83. The number of rotatable bonds is 2. The number of hydrogen-bond donors (Lipinski definition) is 1. The summed E-state index contributed by atoms with van der Waals surface area (Å²) in [7, 11) is 0. The van der Waals surface area contributed by atoms with Crippen molar-refractivity contribution < 1.29 is 0 Å². The lowest BCUT2D eigenvalue weighted by atomic mass is 9.97. The Bertz CT molecular complexity index is 372. The molecule has 0 aliphatic carbocycles. The molecule has 0 bridgehead atoms. The predicted octanol–water partition coefficient (Wildman–Crippen LogP) is 3.31. The average molecular weight is 253 g/mol. The third kappa shape index (κ3) is 2.93. The van der Waals surface area contributed by atoms with Crippen LogP contribution in [0.5, 0.6) is 0 Å². The van der Waals surface area contributed by atoms with Crippen LogP contribution in [0.1, 0.15) is 27.2 Å². The van der Waals surface area contributed by atoms with Crippen LogP contribution in [0.15, 0.2) is 24.3 Å². The molecule has 1 fully saturated rings. The van der Waals surface area contributed by atoms with Crippen molar-refractivity contribution in [3.8, 4) is 0 Å². The van der Waals surface area contributed by atoms with Gasteiger partial charge in [-0.2, -0.15) is 0 Å². The van der Waals surface area contributed by atoms with Gasteiger partial charge < -0.3 is 10.2 Å². The fourth-order valence-electron chi connectivity index (χ4n) is 2.41. The van der Waals surface area contributed by atoms with Gasteiger partial charge in [0.25, 0.3) is 0 Å². The van der Waals surface area contributed by atoms with E-state index in [1.54, 1.807) is 0 Å². The van der Waals surface area contributed by atoms with Crippen LogP contribution >= 0.6 is 11.6 Å². The van der Waals surface area contributed by atoms with Crippen LogP contribution in [0, 0.1) is 0 Å². The Hall–Kier alpha value is -0.730. The Kier molecular flexibility index (Phi) is 3.64. The highest BCUT2D eigenvalue weighted by molar-refractivity contribution is 6.30. The molecule has 2 rings (SSSR count). The Labute approximate surface area is 109 Å². The lowest BCUT2D eigenvalue weighted by Gasteiger charge is -2.45. The monoisotopic (exact) mass is 252 g/mol. The summed E-state index contributed by atoms with van der Waals surface area (Å²) in [5.41, 5.74) is 1.45. The summed E-state index contributed by atoms with van der Waals surface area (Å²) in [4.78, 5) is 2.49. The first-order valence-corrected chi connectivity index (χ1v) is 6.67. The van der Waals surface area contributed by atoms with Crippen LogP contribution < -0.4 is 10.2 Å². The molecule has 0 aromatic heterocycles. The van der Waals surface area contributed by atoms with Crippen LogP contribution in [-0.4, -0.2) is 24.7 Å². The maximum Gasteiger partial charge on any atom is 0.0412 e. The third-order valence-electron chi connectivity index (χ3n) is 3.45. The van der Waals surface area contributed by atoms with Gasteiger partial charge in [-0.05, 0) is 44.5 Å². The highest BCUT2D eigenvalue weighted by Crippen LogP contribution is 2.26. The van der Waals surface area contributed by atoms with Gasteiger partial charge in [0.15, 0.2) is 0 Å². The molecule has 0 saturated carbocycles. The van der Waals surface area contributed by atoms with Gasteiger partial charge >= 0.3 is 0 Å². The molecule has 1 atom stereocenters. The molecule has 1 aliphatic heterocycles. The molecular formula is C14H21ClN2. The van der Waals surface area contributed by atoms with Crippen molar-refractivity contribution in [1.82, 2.24) is 5.32 Å². The molecule has 1 aromatic rings. The minimum Gasteiger partial charge on any atom is -0.365 e. The SMILES string of the molecule is CCC1CNC(C)(C)CN1c1ccc(Cl)cc1. The van der Waals surface area contributed by atoms with Crippen LogP contribution in [0.2, 0.25) is 5.02 Å². The zero-order valence-electron chi connectivity index (χ0n) is 10.8. The van der Waals surface area contributed by atoms with Gasteiger partial charge in [-0.1, -0.05) is 18.5 Å². The van der Waals surface area contributed by atoms with Crippen molar-refractivity contribution >= 4 is 17.3 Å². The second-order valence-corrected chi connectivity index (χ2v) is 5.87. The number of halogens is 1. The number of nitrogens with one attached hydrogen (secondary N) is 1. The standard InChI is InChI=1S/C14H21ClN2/c1-4-12-9-16-14(2,3)10-17(12)13-7-5-11(15)6-8-13/h5-8,12,16H,4,9-10H2,1-3H3. The van der Waals surface area contributed by atoms with E-state index in [-0.39, 0.29) is 5.54 Å². The van der Waals surface area contributed by atoms with E-state index in [0.29, 0.717) is 6.04 Å². The number of benzene rings is 1. The molecule has 17 heavy (non-hydrogen) atoms. The van der Waals surface area contributed by atoms with Crippen molar-refractivity contribution in [2.24, 2.45) is 0 Å². The number of anilines is 1. The van der Waals surface area contributed by atoms with Crippen LogP contribution in [0.25, 0.3) is 0 Å². The molecule has 2 nitrogen and oxygen atoms in total. The largest absolute Gasteiger partial charge is 0.365 e. The lowest BCUT2D eigenvalue weighted by Crippen LogP contribution is -2.61. The second-order valence-electron chi connectivity index (χ2n) is 5.43. The summed E-state index contributed by atoms with van der Waals surface area (Å²) >= 11 is 5.95. The number of piperazine rings is 1. The van der Waals surface area contributed by atoms with E-state index >= 15 is 0 Å². The van der Waals surface area contributed by atoms with Crippen molar-refractivity contribution in [3.63, 3.8) is 0 Å². The molecule has 1 aliphatic rings. The maximum absolute atomic E-state index is 5.95. The van der Waals surface area contributed by atoms with Gasteiger partial charge in [-0.3, -0.25) is 0 Å². The third-order valence-corrected chi connectivity index (χ3v) is 3.70. The quantitative estimate of drug-likeness (QED) is 0.869. The van der Waals surface area contributed by atoms with Crippen molar-refractivity contribution in [2.45, 2.75) is 38.8 Å². The Morgan fingerprint density at radius 2 is 2.00 bits per heavy atom. The fourth-order valence-corrected chi connectivity index (χ4v) is 2.54. The predicted molar refractivity (Wildman–Crippen MR) is 75.0 cm³/mol. The van der Waals surface area contributed by atoms with E-state index in [4.69, 9.17) is 11.6 Å². The summed E-state index contributed by atoms with van der Waals surface area (Å²) in [6.07, 6.45) is 1.16. The minimum atomic E-state index is 0.172. The molecule has 1 aromatic carbocycles. The van der Waals surface area contributed by atoms with Gasteiger partial charge in [-0.25, -0.2) is 0 Å². The van der Waals surface area contributed by atoms with Crippen molar-refractivity contribution in [1.29, 1.82) is 0 Å². The van der Waals surface area contributed by atoms with Crippen LogP contribution in [-0.2, 0) is 0 Å². The van der Waals surface area contributed by atoms with E-state index in [9.17, 15) is 0 Å². The summed E-state index contributed by atoms with van der Waals surface area (Å²) in [5.74, 6) is 0. The maximum atomic E-state index is 5.95. The zero-order chi connectivity index (χ0) is 12.5. The molecule has 1 heterocycles. The van der Waals surface area contributed by atoms with Crippen molar-refractivity contribution in [3.05, 3.63) is 29.3 Å². The van der Waals surface area contributed by atoms with Gasteiger partial charge in [0.1, 0.15) is 0 Å². The first kappa shape index (κ1) is 12.7. The topological polar surface area (TPSA) is 15.3 Å². The van der Waals surface area contributed by atoms with Gasteiger partial charge in [-0.15, -0.1) is 0 Å². The molecule has 1 unspecified atom stereocenters. The molecule has 0 amide bonds. The smallest absolute Gasteiger partial charge is 0.0412 e. The fraction of sp³-hybridized carbons (Fsp3) is 0.571.